The molecule has 0 aliphatic heterocycles. The molecule has 0 radical (unpaired) electrons. The molecule has 0 spiro atoms. The zero-order chi connectivity index (χ0) is 96.4. The van der Waals surface area contributed by atoms with Crippen molar-refractivity contribution >= 4 is 33.6 Å². The SMILES string of the molecule is CC/C=C\C/C=C\C/C=C\C/C=C\C/C=C\C/C=C\CCCCCCCCCCCCCCCCCCC(=O)OCC(O)COP(=O)(O)OCC(O)COP(=O)(O)OCC(COC(=O)CCCCCCCCCCCCCCCCC/C=C\C/C=C\C/C=C\C/C=C\C/C=C\CC)OC(=O)CCCCCCCCCCCCCCCCC/C=C\C/C=C\C/C=C\C/C=C\C/C=C\CC. The van der Waals surface area contributed by atoms with E-state index in [4.69, 9.17) is 32.3 Å². The van der Waals surface area contributed by atoms with Crippen LogP contribution in [0.3, 0.4) is 0 Å². The number of unbranched alkanes of at least 4 members (excludes halogenated alkanes) is 46. The van der Waals surface area contributed by atoms with Crippen LogP contribution in [-0.4, -0.2) is 95.9 Å². The summed E-state index contributed by atoms with van der Waals surface area (Å²) in [5.74, 6) is -1.56. The average molecular weight is 1900 g/mol. The van der Waals surface area contributed by atoms with Gasteiger partial charge in [0.1, 0.15) is 25.4 Å². The van der Waals surface area contributed by atoms with Crippen LogP contribution in [-0.2, 0) is 55.8 Å². The van der Waals surface area contributed by atoms with Gasteiger partial charge >= 0.3 is 33.6 Å². The molecule has 133 heavy (non-hydrogen) atoms. The van der Waals surface area contributed by atoms with Crippen LogP contribution in [0, 0.1) is 0 Å². The molecular formula is C115H196O16P2. The summed E-state index contributed by atoms with van der Waals surface area (Å²) in [4.78, 5) is 59.3. The fraction of sp³-hybridized carbons (Fsp3) is 0.696. The number of phosphoric ester groups is 2. The van der Waals surface area contributed by atoms with Crippen LogP contribution >= 0.6 is 15.6 Å². The third-order valence-electron chi connectivity index (χ3n) is 22.8. The molecule has 0 aliphatic rings. The molecule has 0 aromatic heterocycles. The standard InChI is InChI=1S/C115H196O16P2/c1-4-7-10-13-16-19-22-25-28-31-34-37-40-43-46-49-52-53-54-55-58-60-62-65-68-71-74-77-80-83-86-89-92-95-98-101-113(118)125-104-110(116)105-127-132(121,122)128-106-111(117)107-129-133(123,124)130-109-112(131-115(120)103-100-97-94-91-88-85-82-79-76-73-70-67-64-61-57-51-48-45-42-39-36-33-30-27-24-21-18-15-12-9-6-3)108-126-114(119)102-99-96-93-90-87-84-81-78-75-72-69-66-63-59-56-50-47-44-41-38-35-32-29-26-23-20-17-14-11-8-5-2/h7-12,16-21,25-30,34-39,43-48,52-53,110-112,116-117H,4-6,13-15,22-24,31-33,40-42,49-51,54-109H2,1-3H3,(H,121,122)(H,123,124)/b10-7-,11-8-,12-9-,19-16-,20-17-,21-18-,28-25-,29-26-,30-27-,37-34-,38-35-,39-36-,46-43-,47-44-,48-45-,53-52-. The zero-order valence-corrected chi connectivity index (χ0v) is 86.4. The van der Waals surface area contributed by atoms with E-state index < -0.39 is 91.5 Å². The highest BCUT2D eigenvalue weighted by Crippen LogP contribution is 2.45. The third kappa shape index (κ3) is 107. The second-order valence-corrected chi connectivity index (χ2v) is 38.5. The fourth-order valence-corrected chi connectivity index (χ4v) is 16.4. The van der Waals surface area contributed by atoms with Gasteiger partial charge in [-0.15, -0.1) is 0 Å². The predicted molar refractivity (Wildman–Crippen MR) is 564 cm³/mol. The van der Waals surface area contributed by atoms with E-state index in [0.717, 1.165) is 173 Å². The molecule has 762 valence electrons. The maximum Gasteiger partial charge on any atom is 0.472 e. The van der Waals surface area contributed by atoms with Gasteiger partial charge in [0, 0.05) is 19.3 Å². The van der Waals surface area contributed by atoms with Crippen molar-refractivity contribution in [1.82, 2.24) is 0 Å². The van der Waals surface area contributed by atoms with E-state index in [2.05, 4.69) is 215 Å². The van der Waals surface area contributed by atoms with Gasteiger partial charge in [-0.3, -0.25) is 32.5 Å². The Morgan fingerprint density at radius 2 is 0.376 bits per heavy atom. The van der Waals surface area contributed by atoms with Gasteiger partial charge in [-0.05, 0) is 161 Å². The van der Waals surface area contributed by atoms with Gasteiger partial charge in [0.05, 0.1) is 26.4 Å². The summed E-state index contributed by atoms with van der Waals surface area (Å²) in [7, 11) is -9.82. The van der Waals surface area contributed by atoms with E-state index in [1.807, 2.05) is 0 Å². The molecule has 0 aromatic carbocycles. The average Bonchev–Trinajstić information content (AvgIpc) is 0.896. The van der Waals surface area contributed by atoms with Gasteiger partial charge in [0.25, 0.3) is 0 Å². The van der Waals surface area contributed by atoms with Gasteiger partial charge in [0.2, 0.25) is 0 Å². The van der Waals surface area contributed by atoms with Crippen molar-refractivity contribution in [3.05, 3.63) is 194 Å². The molecular weight excluding hydrogens is 1700 g/mol. The maximum atomic E-state index is 13.2. The highest BCUT2D eigenvalue weighted by Gasteiger charge is 2.30. The lowest BCUT2D eigenvalue weighted by Crippen LogP contribution is -2.30. The monoisotopic (exact) mass is 1900 g/mol. The van der Waals surface area contributed by atoms with Crippen LogP contribution < -0.4 is 0 Å². The molecule has 0 aromatic rings. The Morgan fingerprint density at radius 3 is 0.594 bits per heavy atom. The van der Waals surface area contributed by atoms with Crippen LogP contribution in [0.15, 0.2) is 194 Å². The van der Waals surface area contributed by atoms with Crippen molar-refractivity contribution < 1.29 is 75.8 Å². The van der Waals surface area contributed by atoms with E-state index >= 15 is 0 Å². The largest absolute Gasteiger partial charge is 0.472 e. The minimum atomic E-state index is -4.95. The van der Waals surface area contributed by atoms with Crippen molar-refractivity contribution in [3.63, 3.8) is 0 Å². The normalized spacial score (nSPS) is 14.4. The number of phosphoric acid groups is 2. The van der Waals surface area contributed by atoms with Gasteiger partial charge < -0.3 is 34.2 Å². The van der Waals surface area contributed by atoms with Gasteiger partial charge in [-0.25, -0.2) is 9.13 Å². The minimum absolute atomic E-state index is 0.101. The Labute approximate surface area is 814 Å². The molecule has 16 nitrogen and oxygen atoms in total. The number of hydrogen-bond acceptors (Lipinski definition) is 14. The van der Waals surface area contributed by atoms with Crippen molar-refractivity contribution in [2.75, 3.05) is 39.6 Å². The highest BCUT2D eigenvalue weighted by atomic mass is 31.2. The molecule has 0 heterocycles. The molecule has 0 bridgehead atoms. The van der Waals surface area contributed by atoms with Gasteiger partial charge in [-0.1, -0.05) is 472 Å². The summed E-state index contributed by atoms with van der Waals surface area (Å²) in [6, 6.07) is 0. The summed E-state index contributed by atoms with van der Waals surface area (Å²) in [5.41, 5.74) is 0. The summed E-state index contributed by atoms with van der Waals surface area (Å²) >= 11 is 0. The number of aliphatic hydroxyl groups is 2. The first-order valence-corrected chi connectivity index (χ1v) is 56.7. The van der Waals surface area contributed by atoms with Crippen LogP contribution in [0.1, 0.15) is 457 Å². The lowest BCUT2D eigenvalue weighted by molar-refractivity contribution is -0.161. The first kappa shape index (κ1) is 127. The predicted octanol–water partition coefficient (Wildman–Crippen LogP) is 34.5. The zero-order valence-electron chi connectivity index (χ0n) is 84.6. The molecule has 0 aliphatic carbocycles. The fourth-order valence-electron chi connectivity index (χ4n) is 14.8. The summed E-state index contributed by atoms with van der Waals surface area (Å²) in [5, 5.41) is 20.8. The van der Waals surface area contributed by atoms with Gasteiger partial charge in [-0.2, -0.15) is 0 Å². The van der Waals surface area contributed by atoms with Crippen molar-refractivity contribution in [2.45, 2.75) is 476 Å². The minimum Gasteiger partial charge on any atom is -0.463 e. The van der Waals surface area contributed by atoms with Crippen LogP contribution in [0.2, 0.25) is 0 Å². The van der Waals surface area contributed by atoms with E-state index in [0.29, 0.717) is 19.3 Å². The Hall–Kier alpha value is -5.61. The molecule has 4 N–H and O–H groups in total. The molecule has 0 amide bonds. The number of carbonyl (C=O) groups is 3. The lowest BCUT2D eigenvalue weighted by Gasteiger charge is -2.21. The van der Waals surface area contributed by atoms with Crippen LogP contribution in [0.4, 0.5) is 0 Å². The Bertz CT molecular complexity index is 3200. The summed E-state index contributed by atoms with van der Waals surface area (Å²) in [6.07, 6.45) is 142. The maximum absolute atomic E-state index is 13.2. The number of carbonyl (C=O) groups excluding carboxylic acids is 3. The molecule has 0 rings (SSSR count). The molecule has 5 atom stereocenters. The second kappa shape index (κ2) is 105. The molecule has 0 saturated heterocycles. The Kier molecular flexibility index (Phi) is 101. The van der Waals surface area contributed by atoms with E-state index in [1.165, 1.54) is 225 Å². The molecule has 5 unspecified atom stereocenters. The van der Waals surface area contributed by atoms with Crippen molar-refractivity contribution in [2.24, 2.45) is 0 Å². The third-order valence-corrected chi connectivity index (χ3v) is 24.7. The summed E-state index contributed by atoms with van der Waals surface area (Å²) < 4.78 is 61.8. The summed E-state index contributed by atoms with van der Waals surface area (Å²) in [6.45, 7) is 2.42. The smallest absolute Gasteiger partial charge is 0.463 e. The van der Waals surface area contributed by atoms with Gasteiger partial charge in [0.15, 0.2) is 6.10 Å². The Balaban J connectivity index is 4.60. The quantitative estimate of drug-likeness (QED) is 0.0146. The number of esters is 3. The van der Waals surface area contributed by atoms with Crippen molar-refractivity contribution in [3.8, 4) is 0 Å². The number of ether oxygens (including phenoxy) is 3. The number of hydrogen-bond donors (Lipinski definition) is 4. The highest BCUT2D eigenvalue weighted by molar-refractivity contribution is 7.47. The second-order valence-electron chi connectivity index (χ2n) is 35.6. The van der Waals surface area contributed by atoms with E-state index in [-0.39, 0.29) is 19.3 Å². The first-order valence-electron chi connectivity index (χ1n) is 53.7. The molecule has 0 saturated carbocycles. The number of allylic oxidation sites excluding steroid dienone is 32. The molecule has 18 heteroatoms. The van der Waals surface area contributed by atoms with E-state index in [1.54, 1.807) is 0 Å². The number of rotatable bonds is 101. The van der Waals surface area contributed by atoms with E-state index in [9.17, 15) is 43.5 Å². The first-order chi connectivity index (χ1) is 65.2. The van der Waals surface area contributed by atoms with Crippen molar-refractivity contribution in [1.29, 1.82) is 0 Å². The Morgan fingerprint density at radius 1 is 0.211 bits per heavy atom. The van der Waals surface area contributed by atoms with Crippen LogP contribution in [0.25, 0.3) is 0 Å². The molecule has 0 fully saturated rings. The lowest BCUT2D eigenvalue weighted by atomic mass is 10.0. The van der Waals surface area contributed by atoms with Crippen LogP contribution in [0.5, 0.6) is 0 Å². The topological polar surface area (TPSA) is 231 Å². The number of aliphatic hydroxyl groups excluding tert-OH is 2.